The molecule has 2 aromatic carbocycles. The molecule has 2 N–H and O–H groups in total. The van der Waals surface area contributed by atoms with Crippen LogP contribution in [0.25, 0.3) is 0 Å². The van der Waals surface area contributed by atoms with E-state index in [0.717, 1.165) is 12.1 Å². The van der Waals surface area contributed by atoms with Gasteiger partial charge in [0.1, 0.15) is 5.69 Å². The zero-order valence-corrected chi connectivity index (χ0v) is 13.1. The Bertz CT molecular complexity index is 805. The Hall–Kier alpha value is -3.10. The van der Waals surface area contributed by atoms with Gasteiger partial charge in [0.25, 0.3) is 5.69 Å². The van der Waals surface area contributed by atoms with E-state index in [9.17, 15) is 28.1 Å². The molecule has 0 atom stereocenters. The molecule has 0 aliphatic rings. The van der Waals surface area contributed by atoms with Crippen molar-refractivity contribution >= 4 is 17.3 Å². The molecule has 0 saturated heterocycles. The number of benzene rings is 2. The molecule has 0 unspecified atom stereocenters. The van der Waals surface area contributed by atoms with Crippen molar-refractivity contribution in [3.05, 3.63) is 69.3 Å². The zero-order chi connectivity index (χ0) is 18.8. The standard InChI is InChI=1S/C16H14F3N3O3/c1-21(9-10-2-4-11(5-3-10)15(20)23)13-7-6-12(16(17,18)19)8-14(13)22(24)25/h2-8H,9H2,1H3,(H2,20,23). The molecule has 25 heavy (non-hydrogen) atoms. The molecule has 132 valence electrons. The van der Waals surface area contributed by atoms with Crippen molar-refractivity contribution in [1.82, 2.24) is 0 Å². The van der Waals surface area contributed by atoms with Gasteiger partial charge < -0.3 is 10.6 Å². The van der Waals surface area contributed by atoms with Crippen LogP contribution in [0.1, 0.15) is 21.5 Å². The first-order chi connectivity index (χ1) is 11.6. The van der Waals surface area contributed by atoms with Crippen LogP contribution in [-0.2, 0) is 12.7 Å². The van der Waals surface area contributed by atoms with Crippen LogP contribution < -0.4 is 10.6 Å². The van der Waals surface area contributed by atoms with Gasteiger partial charge in [-0.25, -0.2) is 0 Å². The average molecular weight is 353 g/mol. The Balaban J connectivity index is 2.30. The topological polar surface area (TPSA) is 89.5 Å². The third kappa shape index (κ3) is 4.25. The zero-order valence-electron chi connectivity index (χ0n) is 13.1. The third-order valence-corrected chi connectivity index (χ3v) is 3.57. The number of primary amides is 1. The van der Waals surface area contributed by atoms with Crippen LogP contribution in [0.5, 0.6) is 0 Å². The lowest BCUT2D eigenvalue weighted by molar-refractivity contribution is -0.384. The Morgan fingerprint density at radius 3 is 2.28 bits per heavy atom. The maximum Gasteiger partial charge on any atom is 0.416 e. The second-order valence-electron chi connectivity index (χ2n) is 5.38. The molecule has 0 fully saturated rings. The highest BCUT2D eigenvalue weighted by molar-refractivity contribution is 5.92. The number of carbonyl (C=O) groups excluding carboxylic acids is 1. The number of nitro groups is 1. The lowest BCUT2D eigenvalue weighted by Gasteiger charge is -2.20. The highest BCUT2D eigenvalue weighted by Gasteiger charge is 2.33. The molecule has 0 radical (unpaired) electrons. The molecule has 0 saturated carbocycles. The second-order valence-corrected chi connectivity index (χ2v) is 5.38. The Kier molecular flexibility index (Phi) is 4.96. The maximum absolute atomic E-state index is 12.7. The molecule has 1 amide bonds. The third-order valence-electron chi connectivity index (χ3n) is 3.57. The number of amides is 1. The predicted molar refractivity (Wildman–Crippen MR) is 85.2 cm³/mol. The van der Waals surface area contributed by atoms with Crippen molar-refractivity contribution in [2.45, 2.75) is 12.7 Å². The summed E-state index contributed by atoms with van der Waals surface area (Å²) in [6.07, 6.45) is -4.66. The number of nitro benzene ring substituents is 1. The van der Waals surface area contributed by atoms with Crippen LogP contribution in [-0.4, -0.2) is 17.9 Å². The van der Waals surface area contributed by atoms with Crippen LogP contribution >= 0.6 is 0 Å². The number of carbonyl (C=O) groups is 1. The molecule has 0 heterocycles. The van der Waals surface area contributed by atoms with Gasteiger partial charge in [-0.05, 0) is 29.8 Å². The molecule has 0 aliphatic carbocycles. The fraction of sp³-hybridized carbons (Fsp3) is 0.188. The lowest BCUT2D eigenvalue weighted by atomic mass is 10.1. The summed E-state index contributed by atoms with van der Waals surface area (Å²) in [4.78, 5) is 22.8. The number of hydrogen-bond donors (Lipinski definition) is 1. The maximum atomic E-state index is 12.7. The number of nitrogens with two attached hydrogens (primary N) is 1. The van der Waals surface area contributed by atoms with E-state index in [1.807, 2.05) is 0 Å². The minimum Gasteiger partial charge on any atom is -0.366 e. The van der Waals surface area contributed by atoms with E-state index in [1.165, 1.54) is 24.1 Å². The van der Waals surface area contributed by atoms with Crippen molar-refractivity contribution in [2.24, 2.45) is 5.73 Å². The van der Waals surface area contributed by atoms with Crippen molar-refractivity contribution in [3.63, 3.8) is 0 Å². The number of anilines is 1. The van der Waals surface area contributed by atoms with Gasteiger partial charge in [-0.3, -0.25) is 14.9 Å². The van der Waals surface area contributed by atoms with Crippen molar-refractivity contribution in [2.75, 3.05) is 11.9 Å². The largest absolute Gasteiger partial charge is 0.416 e. The number of hydrogen-bond acceptors (Lipinski definition) is 4. The molecular formula is C16H14F3N3O3. The SMILES string of the molecule is CN(Cc1ccc(C(N)=O)cc1)c1ccc(C(F)(F)F)cc1[N+](=O)[O-]. The first kappa shape index (κ1) is 18.2. The quantitative estimate of drug-likeness (QED) is 0.659. The summed E-state index contributed by atoms with van der Waals surface area (Å²) in [7, 11) is 1.53. The van der Waals surface area contributed by atoms with Crippen LogP contribution in [0.2, 0.25) is 0 Å². The van der Waals surface area contributed by atoms with Gasteiger partial charge in [0.2, 0.25) is 5.91 Å². The fourth-order valence-corrected chi connectivity index (χ4v) is 2.30. The van der Waals surface area contributed by atoms with Crippen LogP contribution in [0.4, 0.5) is 24.5 Å². The summed E-state index contributed by atoms with van der Waals surface area (Å²) >= 11 is 0. The minimum absolute atomic E-state index is 0.0528. The van der Waals surface area contributed by atoms with E-state index in [0.29, 0.717) is 17.2 Å². The number of nitrogens with zero attached hydrogens (tertiary/aromatic N) is 2. The molecule has 0 aliphatic heterocycles. The predicted octanol–water partition coefficient (Wildman–Crippen LogP) is 3.35. The Morgan fingerprint density at radius 1 is 1.20 bits per heavy atom. The normalized spacial score (nSPS) is 11.2. The summed E-state index contributed by atoms with van der Waals surface area (Å²) in [5.41, 5.74) is 4.50. The molecule has 2 rings (SSSR count). The van der Waals surface area contributed by atoms with E-state index < -0.39 is 28.3 Å². The number of rotatable bonds is 5. The van der Waals surface area contributed by atoms with Gasteiger partial charge in [0, 0.05) is 25.2 Å². The van der Waals surface area contributed by atoms with E-state index in [2.05, 4.69) is 0 Å². The van der Waals surface area contributed by atoms with Gasteiger partial charge in [-0.15, -0.1) is 0 Å². The van der Waals surface area contributed by atoms with Gasteiger partial charge in [-0.1, -0.05) is 12.1 Å². The van der Waals surface area contributed by atoms with Gasteiger partial charge >= 0.3 is 6.18 Å². The summed E-state index contributed by atoms with van der Waals surface area (Å²) in [5, 5.41) is 11.1. The second kappa shape index (κ2) is 6.80. The van der Waals surface area contributed by atoms with E-state index in [-0.39, 0.29) is 12.2 Å². The summed E-state index contributed by atoms with van der Waals surface area (Å²) in [6, 6.07) is 8.63. The first-order valence-electron chi connectivity index (χ1n) is 7.05. The first-order valence-corrected chi connectivity index (χ1v) is 7.05. The van der Waals surface area contributed by atoms with E-state index in [1.54, 1.807) is 12.1 Å². The van der Waals surface area contributed by atoms with Crippen molar-refractivity contribution in [3.8, 4) is 0 Å². The van der Waals surface area contributed by atoms with E-state index >= 15 is 0 Å². The van der Waals surface area contributed by atoms with Crippen molar-refractivity contribution in [1.29, 1.82) is 0 Å². The van der Waals surface area contributed by atoms with Crippen molar-refractivity contribution < 1.29 is 22.9 Å². The molecule has 2 aromatic rings. The molecule has 0 spiro atoms. The highest BCUT2D eigenvalue weighted by atomic mass is 19.4. The van der Waals surface area contributed by atoms with Crippen LogP contribution in [0.3, 0.4) is 0 Å². The minimum atomic E-state index is -4.66. The fourth-order valence-electron chi connectivity index (χ4n) is 2.30. The molecule has 0 bridgehead atoms. The lowest BCUT2D eigenvalue weighted by Crippen LogP contribution is -2.18. The molecule has 0 aromatic heterocycles. The molecule has 6 nitrogen and oxygen atoms in total. The summed E-state index contributed by atoms with van der Waals surface area (Å²) < 4.78 is 38.2. The summed E-state index contributed by atoms with van der Waals surface area (Å²) in [5.74, 6) is -0.585. The van der Waals surface area contributed by atoms with E-state index in [4.69, 9.17) is 5.73 Å². The van der Waals surface area contributed by atoms with Gasteiger partial charge in [0.05, 0.1) is 10.5 Å². The number of halogens is 3. The summed E-state index contributed by atoms with van der Waals surface area (Å²) in [6.45, 7) is 0.200. The smallest absolute Gasteiger partial charge is 0.366 e. The number of alkyl halides is 3. The molecule has 9 heteroatoms. The van der Waals surface area contributed by atoms with Crippen LogP contribution in [0.15, 0.2) is 42.5 Å². The van der Waals surface area contributed by atoms with Gasteiger partial charge in [-0.2, -0.15) is 13.2 Å². The Morgan fingerprint density at radius 2 is 1.80 bits per heavy atom. The Labute approximate surface area is 140 Å². The molecular weight excluding hydrogens is 339 g/mol. The van der Waals surface area contributed by atoms with Crippen LogP contribution in [0, 0.1) is 10.1 Å². The highest BCUT2D eigenvalue weighted by Crippen LogP contribution is 2.36. The monoisotopic (exact) mass is 353 g/mol. The average Bonchev–Trinajstić information content (AvgIpc) is 2.53. The van der Waals surface area contributed by atoms with Gasteiger partial charge in [0.15, 0.2) is 0 Å².